The van der Waals surface area contributed by atoms with Crippen LogP contribution >= 0.6 is 0 Å². The maximum Gasteiger partial charge on any atom is 0.262 e. The third-order valence-corrected chi connectivity index (χ3v) is 5.53. The number of carbonyl (C=O) groups is 2. The fourth-order valence-corrected chi connectivity index (χ4v) is 4.35. The molecule has 2 fully saturated rings. The molecule has 0 unspecified atom stereocenters. The summed E-state index contributed by atoms with van der Waals surface area (Å²) in [5.41, 5.74) is 0.515. The van der Waals surface area contributed by atoms with Gasteiger partial charge in [0.1, 0.15) is 17.2 Å². The number of hydrogen-bond donors (Lipinski definition) is 1. The molecule has 3 aliphatic rings. The van der Waals surface area contributed by atoms with Crippen LogP contribution < -0.4 is 14.8 Å². The average Bonchev–Trinajstić information content (AvgIpc) is 2.65. The van der Waals surface area contributed by atoms with Crippen LogP contribution in [0.3, 0.4) is 0 Å². The normalized spacial score (nSPS) is 25.3. The molecule has 2 heterocycles. The maximum atomic E-state index is 12.7. The van der Waals surface area contributed by atoms with Crippen LogP contribution in [0.15, 0.2) is 18.2 Å². The van der Waals surface area contributed by atoms with Gasteiger partial charge in [-0.15, -0.1) is 0 Å². The molecular weight excluding hydrogens is 320 g/mol. The SMILES string of the molecule is O=C1COc2cccc(OCC(=O)N3CCC[C@@H]4CCCC[C@@H]43)c2N1. The molecule has 6 nitrogen and oxygen atoms in total. The Morgan fingerprint density at radius 3 is 3.00 bits per heavy atom. The predicted molar refractivity (Wildman–Crippen MR) is 92.8 cm³/mol. The fraction of sp³-hybridized carbons (Fsp3) is 0.579. The first-order valence-electron chi connectivity index (χ1n) is 9.20. The Morgan fingerprint density at radius 2 is 2.08 bits per heavy atom. The molecule has 1 aromatic carbocycles. The van der Waals surface area contributed by atoms with Gasteiger partial charge in [-0.25, -0.2) is 0 Å². The van der Waals surface area contributed by atoms with Crippen LogP contribution in [-0.4, -0.2) is 42.5 Å². The summed E-state index contributed by atoms with van der Waals surface area (Å²) in [7, 11) is 0. The summed E-state index contributed by atoms with van der Waals surface area (Å²) >= 11 is 0. The first kappa shape index (κ1) is 16.2. The number of ether oxygens (including phenoxy) is 2. The number of rotatable bonds is 3. The molecule has 1 saturated heterocycles. The molecule has 6 heteroatoms. The number of hydrogen-bond acceptors (Lipinski definition) is 4. The van der Waals surface area contributed by atoms with Gasteiger partial charge in [-0.05, 0) is 43.7 Å². The van der Waals surface area contributed by atoms with Gasteiger partial charge in [0.2, 0.25) is 0 Å². The standard InChI is InChI=1S/C19H24N2O4/c22-17-11-24-15-8-3-9-16(19(15)20-17)25-12-18(23)21-10-4-6-13-5-1-2-7-14(13)21/h3,8-9,13-14H,1-2,4-7,10-12H2,(H,20,22)/t13-,14-/m0/s1. The number of amides is 2. The topological polar surface area (TPSA) is 67.9 Å². The van der Waals surface area contributed by atoms with Gasteiger partial charge in [-0.1, -0.05) is 18.9 Å². The number of nitrogens with one attached hydrogen (secondary N) is 1. The first-order chi connectivity index (χ1) is 12.2. The largest absolute Gasteiger partial charge is 0.481 e. The third kappa shape index (κ3) is 3.30. The van der Waals surface area contributed by atoms with Crippen LogP contribution in [0.25, 0.3) is 0 Å². The molecule has 2 atom stereocenters. The number of carbonyl (C=O) groups excluding carboxylic acids is 2. The quantitative estimate of drug-likeness (QED) is 0.915. The minimum atomic E-state index is -0.212. The summed E-state index contributed by atoms with van der Waals surface area (Å²) in [5, 5.41) is 2.76. The average molecular weight is 344 g/mol. The second kappa shape index (κ2) is 6.94. The van der Waals surface area contributed by atoms with E-state index in [9.17, 15) is 9.59 Å². The molecular formula is C19H24N2O4. The zero-order valence-electron chi connectivity index (χ0n) is 14.3. The van der Waals surface area contributed by atoms with E-state index in [1.54, 1.807) is 18.2 Å². The maximum absolute atomic E-state index is 12.7. The van der Waals surface area contributed by atoms with E-state index in [4.69, 9.17) is 9.47 Å². The highest BCUT2D eigenvalue weighted by Crippen LogP contribution is 2.37. The Hall–Kier alpha value is -2.24. The van der Waals surface area contributed by atoms with Gasteiger partial charge in [-0.3, -0.25) is 9.59 Å². The molecule has 25 heavy (non-hydrogen) atoms. The highest BCUT2D eigenvalue weighted by atomic mass is 16.5. The van der Waals surface area contributed by atoms with Gasteiger partial charge < -0.3 is 19.7 Å². The van der Waals surface area contributed by atoms with E-state index in [1.807, 2.05) is 4.90 Å². The summed E-state index contributed by atoms with van der Waals surface area (Å²) in [4.78, 5) is 26.3. The van der Waals surface area contributed by atoms with E-state index in [0.717, 1.165) is 19.4 Å². The molecule has 2 amide bonds. The van der Waals surface area contributed by atoms with Crippen molar-refractivity contribution >= 4 is 17.5 Å². The third-order valence-electron chi connectivity index (χ3n) is 5.53. The molecule has 1 saturated carbocycles. The van der Waals surface area contributed by atoms with Crippen LogP contribution in [0.5, 0.6) is 11.5 Å². The second-order valence-electron chi connectivity index (χ2n) is 7.10. The van der Waals surface area contributed by atoms with Gasteiger partial charge in [0, 0.05) is 12.6 Å². The lowest BCUT2D eigenvalue weighted by Gasteiger charge is -2.44. The zero-order valence-corrected chi connectivity index (χ0v) is 14.3. The summed E-state index contributed by atoms with van der Waals surface area (Å²) in [6.07, 6.45) is 7.17. The molecule has 1 N–H and O–H groups in total. The minimum Gasteiger partial charge on any atom is -0.481 e. The van der Waals surface area contributed by atoms with Crippen molar-refractivity contribution in [1.82, 2.24) is 4.90 Å². The summed E-state index contributed by atoms with van der Waals surface area (Å²) < 4.78 is 11.1. The number of nitrogens with zero attached hydrogens (tertiary/aromatic N) is 1. The second-order valence-corrected chi connectivity index (χ2v) is 7.10. The van der Waals surface area contributed by atoms with E-state index >= 15 is 0 Å². The molecule has 0 aromatic heterocycles. The lowest BCUT2D eigenvalue weighted by Crippen LogP contribution is -2.51. The molecule has 0 bridgehead atoms. The predicted octanol–water partition coefficient (Wildman–Crippen LogP) is 2.58. The van der Waals surface area contributed by atoms with Crippen molar-refractivity contribution in [3.63, 3.8) is 0 Å². The smallest absolute Gasteiger partial charge is 0.262 e. The van der Waals surface area contributed by atoms with Crippen molar-refractivity contribution in [2.24, 2.45) is 5.92 Å². The van der Waals surface area contributed by atoms with Gasteiger partial charge in [0.15, 0.2) is 13.2 Å². The van der Waals surface area contributed by atoms with Gasteiger partial charge >= 0.3 is 0 Å². The van der Waals surface area contributed by atoms with Gasteiger partial charge in [0.25, 0.3) is 11.8 Å². The number of fused-ring (bicyclic) bond motifs is 2. The van der Waals surface area contributed by atoms with Crippen LogP contribution in [0, 0.1) is 5.92 Å². The number of anilines is 1. The van der Waals surface area contributed by atoms with Crippen molar-refractivity contribution < 1.29 is 19.1 Å². The van der Waals surface area contributed by atoms with Gasteiger partial charge in [0.05, 0.1) is 0 Å². The van der Waals surface area contributed by atoms with Crippen molar-refractivity contribution in [2.45, 2.75) is 44.6 Å². The number of benzene rings is 1. The fourth-order valence-electron chi connectivity index (χ4n) is 4.35. The van der Waals surface area contributed by atoms with Crippen molar-refractivity contribution in [2.75, 3.05) is 25.1 Å². The van der Waals surface area contributed by atoms with Crippen molar-refractivity contribution in [1.29, 1.82) is 0 Å². The molecule has 134 valence electrons. The molecule has 1 aliphatic carbocycles. The highest BCUT2D eigenvalue weighted by Gasteiger charge is 2.35. The van der Waals surface area contributed by atoms with Crippen LogP contribution in [-0.2, 0) is 9.59 Å². The van der Waals surface area contributed by atoms with Crippen molar-refractivity contribution in [3.05, 3.63) is 18.2 Å². The number of para-hydroxylation sites is 1. The van der Waals surface area contributed by atoms with E-state index in [-0.39, 0.29) is 25.0 Å². The Kier molecular flexibility index (Phi) is 4.51. The Labute approximate surface area is 147 Å². The van der Waals surface area contributed by atoms with Crippen LogP contribution in [0.2, 0.25) is 0 Å². The highest BCUT2D eigenvalue weighted by molar-refractivity contribution is 5.97. The monoisotopic (exact) mass is 344 g/mol. The van der Waals surface area contributed by atoms with E-state index in [1.165, 1.54) is 25.7 Å². The Bertz CT molecular complexity index is 673. The molecule has 0 spiro atoms. The molecule has 1 aromatic rings. The summed E-state index contributed by atoms with van der Waals surface area (Å²) in [6.45, 7) is 0.831. The first-order valence-corrected chi connectivity index (χ1v) is 9.20. The van der Waals surface area contributed by atoms with Crippen LogP contribution in [0.4, 0.5) is 5.69 Å². The van der Waals surface area contributed by atoms with E-state index in [0.29, 0.717) is 29.1 Å². The Morgan fingerprint density at radius 1 is 1.24 bits per heavy atom. The van der Waals surface area contributed by atoms with E-state index in [2.05, 4.69) is 5.32 Å². The Balaban J connectivity index is 1.43. The lowest BCUT2D eigenvalue weighted by atomic mass is 9.78. The van der Waals surface area contributed by atoms with E-state index < -0.39 is 0 Å². The molecule has 0 radical (unpaired) electrons. The van der Waals surface area contributed by atoms with Crippen molar-refractivity contribution in [3.8, 4) is 11.5 Å². The zero-order chi connectivity index (χ0) is 17.2. The lowest BCUT2D eigenvalue weighted by molar-refractivity contribution is -0.139. The summed E-state index contributed by atoms with van der Waals surface area (Å²) in [6, 6.07) is 5.71. The molecule has 4 rings (SSSR count). The number of piperidine rings is 1. The number of likely N-dealkylation sites (tertiary alicyclic amines) is 1. The molecule has 2 aliphatic heterocycles. The van der Waals surface area contributed by atoms with Gasteiger partial charge in [-0.2, -0.15) is 0 Å². The van der Waals surface area contributed by atoms with Crippen LogP contribution in [0.1, 0.15) is 38.5 Å². The summed E-state index contributed by atoms with van der Waals surface area (Å²) in [5.74, 6) is 1.54. The minimum absolute atomic E-state index is 0.00442.